The summed E-state index contributed by atoms with van der Waals surface area (Å²) >= 11 is 1.61. The number of hydrogen-bond donors (Lipinski definition) is 2. The number of oxazole rings is 1. The van der Waals surface area contributed by atoms with Gasteiger partial charge in [0, 0.05) is 32.7 Å². The standard InChI is InChI=1S/C20H31N5O2S/c1-4-21-20(23-11-17-13-25(7-8-26-17)12-15(2)3)22-10-16-14-27-19(24-16)18-6-5-9-28-18/h5-6,9,14-15,17H,4,7-8,10-13H2,1-3H3,(H2,21,22,23). The lowest BCUT2D eigenvalue weighted by molar-refractivity contribution is -0.0284. The van der Waals surface area contributed by atoms with E-state index in [0.29, 0.717) is 18.4 Å². The molecule has 0 aromatic carbocycles. The van der Waals surface area contributed by atoms with Crippen LogP contribution in [-0.2, 0) is 11.3 Å². The molecule has 1 fully saturated rings. The number of nitrogens with one attached hydrogen (secondary N) is 2. The summed E-state index contributed by atoms with van der Waals surface area (Å²) in [5, 5.41) is 8.70. The minimum atomic E-state index is 0.175. The van der Waals surface area contributed by atoms with E-state index in [9.17, 15) is 0 Å². The van der Waals surface area contributed by atoms with Crippen molar-refractivity contribution in [1.82, 2.24) is 20.5 Å². The van der Waals surface area contributed by atoms with Crippen LogP contribution < -0.4 is 10.6 Å². The second-order valence-electron chi connectivity index (χ2n) is 7.34. The maximum atomic E-state index is 5.91. The molecule has 1 aliphatic heterocycles. The van der Waals surface area contributed by atoms with Crippen molar-refractivity contribution in [1.29, 1.82) is 0 Å². The van der Waals surface area contributed by atoms with E-state index >= 15 is 0 Å². The molecule has 3 heterocycles. The molecular formula is C20H31N5O2S. The van der Waals surface area contributed by atoms with Crippen LogP contribution in [0.3, 0.4) is 0 Å². The smallest absolute Gasteiger partial charge is 0.236 e. The van der Waals surface area contributed by atoms with E-state index in [1.165, 1.54) is 0 Å². The molecule has 1 saturated heterocycles. The highest BCUT2D eigenvalue weighted by Gasteiger charge is 2.21. The largest absolute Gasteiger partial charge is 0.443 e. The number of aliphatic imine (C=N–C) groups is 1. The summed E-state index contributed by atoms with van der Waals surface area (Å²) in [7, 11) is 0. The van der Waals surface area contributed by atoms with Crippen LogP contribution in [0.2, 0.25) is 0 Å². The Kier molecular flexibility index (Phi) is 7.88. The number of morpholine rings is 1. The van der Waals surface area contributed by atoms with Gasteiger partial charge in [-0.1, -0.05) is 19.9 Å². The molecule has 8 heteroatoms. The highest BCUT2D eigenvalue weighted by atomic mass is 32.1. The Bertz CT molecular complexity index is 729. The first-order valence-corrected chi connectivity index (χ1v) is 10.9. The van der Waals surface area contributed by atoms with Crippen molar-refractivity contribution in [3.05, 3.63) is 29.5 Å². The quantitative estimate of drug-likeness (QED) is 0.520. The molecule has 3 rings (SSSR count). The number of thiophene rings is 1. The molecule has 0 aliphatic carbocycles. The molecule has 0 spiro atoms. The Labute approximate surface area is 171 Å². The number of nitrogens with zero attached hydrogens (tertiary/aromatic N) is 3. The summed E-state index contributed by atoms with van der Waals surface area (Å²) in [5.41, 5.74) is 0.817. The Balaban J connectivity index is 1.51. The molecule has 2 N–H and O–H groups in total. The molecule has 0 bridgehead atoms. The van der Waals surface area contributed by atoms with Gasteiger partial charge in [0.1, 0.15) is 12.0 Å². The molecule has 0 amide bonds. The van der Waals surface area contributed by atoms with Gasteiger partial charge in [-0.3, -0.25) is 4.90 Å². The summed E-state index contributed by atoms with van der Waals surface area (Å²) in [6.07, 6.45) is 1.85. The van der Waals surface area contributed by atoms with Crippen LogP contribution in [0, 0.1) is 5.92 Å². The first-order chi connectivity index (χ1) is 13.6. The molecule has 28 heavy (non-hydrogen) atoms. The van der Waals surface area contributed by atoms with Crippen LogP contribution in [0.4, 0.5) is 0 Å². The SMILES string of the molecule is CCNC(=NCc1coc(-c2cccs2)n1)NCC1CN(CC(C)C)CCO1. The Hall–Kier alpha value is -1.90. The second-order valence-corrected chi connectivity index (χ2v) is 8.29. The average molecular weight is 406 g/mol. The van der Waals surface area contributed by atoms with Gasteiger partial charge >= 0.3 is 0 Å². The number of aromatic nitrogens is 1. The van der Waals surface area contributed by atoms with Crippen molar-refractivity contribution < 1.29 is 9.15 Å². The molecule has 7 nitrogen and oxygen atoms in total. The van der Waals surface area contributed by atoms with E-state index in [4.69, 9.17) is 9.15 Å². The van der Waals surface area contributed by atoms with E-state index in [1.807, 2.05) is 17.5 Å². The zero-order valence-electron chi connectivity index (χ0n) is 17.0. The van der Waals surface area contributed by atoms with Gasteiger partial charge in [0.25, 0.3) is 0 Å². The van der Waals surface area contributed by atoms with Gasteiger partial charge in [0.2, 0.25) is 5.89 Å². The number of rotatable bonds is 8. The lowest BCUT2D eigenvalue weighted by Gasteiger charge is -2.34. The zero-order valence-corrected chi connectivity index (χ0v) is 17.8. The predicted molar refractivity (Wildman–Crippen MR) is 114 cm³/mol. The van der Waals surface area contributed by atoms with Crippen LogP contribution >= 0.6 is 11.3 Å². The minimum absolute atomic E-state index is 0.175. The summed E-state index contributed by atoms with van der Waals surface area (Å²) in [4.78, 5) is 12.7. The van der Waals surface area contributed by atoms with E-state index in [1.54, 1.807) is 17.6 Å². The zero-order chi connectivity index (χ0) is 19.8. The van der Waals surface area contributed by atoms with Gasteiger partial charge in [-0.2, -0.15) is 0 Å². The van der Waals surface area contributed by atoms with Gasteiger partial charge in [-0.05, 0) is 24.3 Å². The molecule has 0 radical (unpaired) electrons. The maximum Gasteiger partial charge on any atom is 0.236 e. The lowest BCUT2D eigenvalue weighted by Crippen LogP contribution is -2.50. The van der Waals surface area contributed by atoms with Crippen molar-refractivity contribution >= 4 is 17.3 Å². The highest BCUT2D eigenvalue weighted by molar-refractivity contribution is 7.13. The van der Waals surface area contributed by atoms with Crippen molar-refractivity contribution in [3.8, 4) is 10.8 Å². The summed E-state index contributed by atoms with van der Waals surface area (Å²) in [6, 6.07) is 3.99. The minimum Gasteiger partial charge on any atom is -0.443 e. The van der Waals surface area contributed by atoms with Gasteiger partial charge in [0.05, 0.1) is 24.1 Å². The monoisotopic (exact) mass is 405 g/mol. The molecule has 1 unspecified atom stereocenters. The lowest BCUT2D eigenvalue weighted by atomic mass is 10.2. The summed E-state index contributed by atoms with van der Waals surface area (Å²) < 4.78 is 11.5. The van der Waals surface area contributed by atoms with Crippen LogP contribution in [0.5, 0.6) is 0 Å². The molecule has 1 aliphatic rings. The van der Waals surface area contributed by atoms with Gasteiger partial charge in [-0.15, -0.1) is 11.3 Å². The van der Waals surface area contributed by atoms with Crippen molar-refractivity contribution in [2.75, 3.05) is 39.3 Å². The molecular weight excluding hydrogens is 374 g/mol. The fourth-order valence-electron chi connectivity index (χ4n) is 3.19. The van der Waals surface area contributed by atoms with E-state index in [2.05, 4.69) is 46.3 Å². The Morgan fingerprint density at radius 2 is 2.32 bits per heavy atom. The predicted octanol–water partition coefficient (Wildman–Crippen LogP) is 2.82. The van der Waals surface area contributed by atoms with Gasteiger partial charge < -0.3 is 19.8 Å². The van der Waals surface area contributed by atoms with Crippen molar-refractivity contribution in [3.63, 3.8) is 0 Å². The number of guanidine groups is 1. The van der Waals surface area contributed by atoms with Gasteiger partial charge in [-0.25, -0.2) is 9.98 Å². The van der Waals surface area contributed by atoms with Gasteiger partial charge in [0.15, 0.2) is 5.96 Å². The highest BCUT2D eigenvalue weighted by Crippen LogP contribution is 2.23. The summed E-state index contributed by atoms with van der Waals surface area (Å²) in [5.74, 6) is 2.10. The van der Waals surface area contributed by atoms with Crippen LogP contribution in [0.15, 0.2) is 33.2 Å². The van der Waals surface area contributed by atoms with E-state index in [-0.39, 0.29) is 6.10 Å². The Morgan fingerprint density at radius 3 is 3.07 bits per heavy atom. The van der Waals surface area contributed by atoms with E-state index in [0.717, 1.165) is 55.9 Å². The van der Waals surface area contributed by atoms with Crippen molar-refractivity contribution in [2.45, 2.75) is 33.4 Å². The third kappa shape index (κ3) is 6.32. The molecule has 154 valence electrons. The normalized spacial score (nSPS) is 18.6. The molecule has 0 saturated carbocycles. The molecule has 2 aromatic rings. The Morgan fingerprint density at radius 1 is 1.43 bits per heavy atom. The van der Waals surface area contributed by atoms with Crippen LogP contribution in [0.1, 0.15) is 26.5 Å². The number of ether oxygens (including phenoxy) is 1. The maximum absolute atomic E-state index is 5.91. The number of hydrogen-bond acceptors (Lipinski definition) is 6. The van der Waals surface area contributed by atoms with E-state index < -0.39 is 0 Å². The average Bonchev–Trinajstić information content (AvgIpc) is 3.35. The molecule has 1 atom stereocenters. The third-order valence-electron chi connectivity index (χ3n) is 4.37. The van der Waals surface area contributed by atoms with Crippen molar-refractivity contribution in [2.24, 2.45) is 10.9 Å². The fourth-order valence-corrected chi connectivity index (χ4v) is 3.85. The third-order valence-corrected chi connectivity index (χ3v) is 5.23. The second kappa shape index (κ2) is 10.6. The fraction of sp³-hybridized carbons (Fsp3) is 0.600. The first kappa shape index (κ1) is 20.8. The van der Waals surface area contributed by atoms with Crippen LogP contribution in [0.25, 0.3) is 10.8 Å². The molecule has 2 aromatic heterocycles. The topological polar surface area (TPSA) is 74.9 Å². The van der Waals surface area contributed by atoms with Crippen LogP contribution in [-0.4, -0.2) is 61.3 Å². The summed E-state index contributed by atoms with van der Waals surface area (Å²) in [6.45, 7) is 12.5. The first-order valence-electron chi connectivity index (χ1n) is 9.98.